The summed E-state index contributed by atoms with van der Waals surface area (Å²) in [6, 6.07) is 7.62. The number of rotatable bonds is 3. The van der Waals surface area contributed by atoms with E-state index >= 15 is 0 Å². The zero-order chi connectivity index (χ0) is 15.9. The van der Waals surface area contributed by atoms with Crippen LogP contribution in [0.1, 0.15) is 11.1 Å². The summed E-state index contributed by atoms with van der Waals surface area (Å²) in [5, 5.41) is 0. The van der Waals surface area contributed by atoms with Gasteiger partial charge in [0, 0.05) is 0 Å². The van der Waals surface area contributed by atoms with Crippen LogP contribution in [0.5, 0.6) is 0 Å². The smallest absolute Gasteiger partial charge is 0.338 e. The zero-order valence-corrected chi connectivity index (χ0v) is 12.6. The van der Waals surface area contributed by atoms with Crippen LogP contribution < -0.4 is 0 Å². The summed E-state index contributed by atoms with van der Waals surface area (Å²) in [6.45, 7) is 1.97. The van der Waals surface area contributed by atoms with Gasteiger partial charge in [0.25, 0.3) is 0 Å². The second kappa shape index (κ2) is 5.10. The van der Waals surface area contributed by atoms with Crippen molar-refractivity contribution in [2.24, 2.45) is 0 Å². The van der Waals surface area contributed by atoms with E-state index in [4.69, 9.17) is 14.2 Å². The van der Waals surface area contributed by atoms with E-state index in [2.05, 4.69) is 0 Å². The first-order chi connectivity index (χ1) is 10.5. The van der Waals surface area contributed by atoms with Crippen molar-refractivity contribution in [3.05, 3.63) is 58.7 Å². The zero-order valence-electron chi connectivity index (χ0n) is 12.6. The summed E-state index contributed by atoms with van der Waals surface area (Å²) >= 11 is 0. The highest BCUT2D eigenvalue weighted by Gasteiger charge is 2.55. The minimum Gasteiger partial charge on any atom is -0.466 e. The van der Waals surface area contributed by atoms with Gasteiger partial charge in [0.05, 0.1) is 25.4 Å². The maximum Gasteiger partial charge on any atom is 0.338 e. The maximum atomic E-state index is 12.3. The van der Waals surface area contributed by atoms with Crippen LogP contribution in [-0.2, 0) is 29.4 Å². The fourth-order valence-corrected chi connectivity index (χ4v) is 2.94. The summed E-state index contributed by atoms with van der Waals surface area (Å²) < 4.78 is 15.6. The summed E-state index contributed by atoms with van der Waals surface area (Å²) in [5.74, 6) is -1.17. The molecule has 0 aromatic heterocycles. The number of methoxy groups -OCH3 is 2. The lowest BCUT2D eigenvalue weighted by molar-refractivity contribution is -0.139. The number of hydrogen-bond acceptors (Lipinski definition) is 5. The third-order valence-electron chi connectivity index (χ3n) is 4.02. The first-order valence-electron chi connectivity index (χ1n) is 6.89. The van der Waals surface area contributed by atoms with E-state index in [0.29, 0.717) is 0 Å². The van der Waals surface area contributed by atoms with Crippen LogP contribution in [0.25, 0.3) is 0 Å². The van der Waals surface area contributed by atoms with Gasteiger partial charge >= 0.3 is 11.9 Å². The molecule has 22 heavy (non-hydrogen) atoms. The molecule has 0 saturated carbocycles. The average Bonchev–Trinajstić information content (AvgIpc) is 3.11. The van der Waals surface area contributed by atoms with Crippen LogP contribution in [0.15, 0.2) is 47.6 Å². The van der Waals surface area contributed by atoms with Crippen molar-refractivity contribution >= 4 is 11.9 Å². The van der Waals surface area contributed by atoms with Crippen LogP contribution in [0, 0.1) is 6.92 Å². The number of ether oxygens (including phenoxy) is 3. The third-order valence-corrected chi connectivity index (χ3v) is 4.02. The van der Waals surface area contributed by atoms with Crippen molar-refractivity contribution in [1.82, 2.24) is 0 Å². The monoisotopic (exact) mass is 300 g/mol. The molecular weight excluding hydrogens is 284 g/mol. The van der Waals surface area contributed by atoms with Gasteiger partial charge in [-0.25, -0.2) is 9.59 Å². The Labute approximate surface area is 128 Å². The highest BCUT2D eigenvalue weighted by Crippen LogP contribution is 2.50. The van der Waals surface area contributed by atoms with Gasteiger partial charge < -0.3 is 14.2 Å². The van der Waals surface area contributed by atoms with E-state index in [1.807, 2.05) is 31.2 Å². The van der Waals surface area contributed by atoms with Crippen molar-refractivity contribution in [2.45, 2.75) is 18.6 Å². The number of aryl methyl sites for hydroxylation is 1. The molecule has 2 heterocycles. The van der Waals surface area contributed by atoms with Gasteiger partial charge in [0.2, 0.25) is 0 Å². The molecule has 1 aromatic carbocycles. The van der Waals surface area contributed by atoms with Crippen molar-refractivity contribution < 1.29 is 23.8 Å². The average molecular weight is 300 g/mol. The Bertz CT molecular complexity index is 698. The van der Waals surface area contributed by atoms with Crippen molar-refractivity contribution in [3.63, 3.8) is 0 Å². The van der Waals surface area contributed by atoms with Gasteiger partial charge in [0.1, 0.15) is 11.7 Å². The van der Waals surface area contributed by atoms with Crippen molar-refractivity contribution in [1.29, 1.82) is 0 Å². The Morgan fingerprint density at radius 1 is 1.09 bits per heavy atom. The molecule has 2 unspecified atom stereocenters. The predicted molar refractivity (Wildman–Crippen MR) is 77.9 cm³/mol. The molecule has 2 atom stereocenters. The minimum absolute atomic E-state index is 0.193. The SMILES string of the molecule is COC(=O)C1=C(C(=O)OC)C2(c3ccc(C)cc3)C=CC1O2. The Hall–Kier alpha value is -2.40. The summed E-state index contributed by atoms with van der Waals surface area (Å²) in [7, 11) is 2.56. The topological polar surface area (TPSA) is 61.8 Å². The fourth-order valence-electron chi connectivity index (χ4n) is 2.94. The van der Waals surface area contributed by atoms with Gasteiger partial charge in [-0.15, -0.1) is 0 Å². The normalized spacial score (nSPS) is 25.5. The van der Waals surface area contributed by atoms with Gasteiger partial charge in [-0.1, -0.05) is 35.9 Å². The van der Waals surface area contributed by atoms with Crippen LogP contribution in [-0.4, -0.2) is 32.3 Å². The number of hydrogen-bond donors (Lipinski definition) is 0. The molecule has 0 fully saturated rings. The molecule has 2 aliphatic heterocycles. The molecule has 3 rings (SSSR count). The minimum atomic E-state index is -1.09. The van der Waals surface area contributed by atoms with Gasteiger partial charge in [-0.3, -0.25) is 0 Å². The molecule has 5 nitrogen and oxygen atoms in total. The number of esters is 2. The second-order valence-corrected chi connectivity index (χ2v) is 5.27. The highest BCUT2D eigenvalue weighted by molar-refractivity contribution is 6.05. The molecule has 0 saturated heterocycles. The number of carbonyl (C=O) groups excluding carboxylic acids is 2. The number of benzene rings is 1. The molecule has 114 valence electrons. The van der Waals surface area contributed by atoms with E-state index in [-0.39, 0.29) is 11.1 Å². The lowest BCUT2D eigenvalue weighted by atomic mass is 9.81. The highest BCUT2D eigenvalue weighted by atomic mass is 16.6. The molecule has 0 radical (unpaired) electrons. The molecule has 0 amide bonds. The molecule has 0 N–H and O–H groups in total. The standard InChI is InChI=1S/C17H16O5/c1-10-4-6-11(7-5-10)17-9-8-12(22-17)13(15(18)20-2)14(17)16(19)21-3/h4-9,12H,1-3H3. The van der Waals surface area contributed by atoms with E-state index < -0.39 is 23.6 Å². The molecule has 5 heteroatoms. The quantitative estimate of drug-likeness (QED) is 0.629. The van der Waals surface area contributed by atoms with Crippen LogP contribution >= 0.6 is 0 Å². The van der Waals surface area contributed by atoms with E-state index in [9.17, 15) is 9.59 Å². The Balaban J connectivity index is 2.19. The van der Waals surface area contributed by atoms with Gasteiger partial charge in [-0.05, 0) is 18.6 Å². The molecule has 2 bridgehead atoms. The van der Waals surface area contributed by atoms with E-state index in [1.165, 1.54) is 14.2 Å². The Morgan fingerprint density at radius 2 is 1.73 bits per heavy atom. The summed E-state index contributed by atoms with van der Waals surface area (Å²) in [4.78, 5) is 24.3. The Kier molecular flexibility index (Phi) is 3.37. The maximum absolute atomic E-state index is 12.3. The number of carbonyl (C=O) groups is 2. The van der Waals surface area contributed by atoms with Crippen molar-refractivity contribution in [3.8, 4) is 0 Å². The molecule has 1 aromatic rings. The second-order valence-electron chi connectivity index (χ2n) is 5.27. The third kappa shape index (κ3) is 1.89. The predicted octanol–water partition coefficient (Wildman–Crippen LogP) is 1.80. The van der Waals surface area contributed by atoms with E-state index in [0.717, 1.165) is 11.1 Å². The lowest BCUT2D eigenvalue weighted by Gasteiger charge is -2.26. The van der Waals surface area contributed by atoms with Crippen LogP contribution in [0.3, 0.4) is 0 Å². The largest absolute Gasteiger partial charge is 0.466 e. The fraction of sp³-hybridized carbons (Fsp3) is 0.294. The van der Waals surface area contributed by atoms with E-state index in [1.54, 1.807) is 12.2 Å². The van der Waals surface area contributed by atoms with Crippen LogP contribution in [0.4, 0.5) is 0 Å². The molecule has 2 aliphatic rings. The summed E-state index contributed by atoms with van der Waals surface area (Å²) in [5.41, 5.74) is 1.18. The van der Waals surface area contributed by atoms with Crippen LogP contribution in [0.2, 0.25) is 0 Å². The Morgan fingerprint density at radius 3 is 2.32 bits per heavy atom. The molecular formula is C17H16O5. The van der Waals surface area contributed by atoms with Gasteiger partial charge in [-0.2, -0.15) is 0 Å². The first kappa shape index (κ1) is 14.5. The summed E-state index contributed by atoms with van der Waals surface area (Å²) in [6.07, 6.45) is 2.96. The first-order valence-corrected chi connectivity index (χ1v) is 6.89. The molecule has 0 aliphatic carbocycles. The molecule has 0 spiro atoms. The van der Waals surface area contributed by atoms with Crippen molar-refractivity contribution in [2.75, 3.05) is 14.2 Å². The lowest BCUT2D eigenvalue weighted by Crippen LogP contribution is -2.30. The van der Waals surface area contributed by atoms with Gasteiger partial charge in [0.15, 0.2) is 0 Å². The number of fused-ring (bicyclic) bond motifs is 2.